The average molecular weight is 857 g/mol. The van der Waals surface area contributed by atoms with Crippen LogP contribution < -0.4 is 27.0 Å². The molecule has 15 heteroatoms. The summed E-state index contributed by atoms with van der Waals surface area (Å²) >= 11 is 6.73. The number of rotatable bonds is 13. The number of aromatic hydroxyl groups is 1. The number of para-hydroxylation sites is 1. The lowest BCUT2D eigenvalue weighted by Crippen LogP contribution is -2.58. The normalized spacial score (nSPS) is 16.4. The molecule has 0 bridgehead atoms. The lowest BCUT2D eigenvalue weighted by molar-refractivity contribution is -0.138. The molecule has 0 radical (unpaired) electrons. The Balaban J connectivity index is 1.29. The predicted molar refractivity (Wildman–Crippen MR) is 210 cm³/mol. The second-order valence-corrected chi connectivity index (χ2v) is 15.3. The van der Waals surface area contributed by atoms with Crippen LogP contribution in [0.2, 0.25) is 0 Å². The van der Waals surface area contributed by atoms with Gasteiger partial charge in [0.15, 0.2) is 0 Å². The summed E-state index contributed by atoms with van der Waals surface area (Å²) in [4.78, 5) is 63.5. The Morgan fingerprint density at radius 1 is 0.868 bits per heavy atom. The molecular weight excluding hydrogens is 808 g/mol. The molecule has 2 aromatic carbocycles. The maximum atomic E-state index is 14.2. The Bertz CT molecular complexity index is 1680. The van der Waals surface area contributed by atoms with Crippen LogP contribution in [0, 0.1) is 0 Å². The number of nitrogens with one attached hydrogen (secondary N) is 2. The molecule has 1 aromatic heterocycles. The van der Waals surface area contributed by atoms with E-state index < -0.39 is 30.1 Å². The molecule has 0 saturated carbocycles. The van der Waals surface area contributed by atoms with E-state index in [2.05, 4.69) is 47.5 Å². The number of unbranched alkanes of at least 4 members (excludes halogenated alkanes) is 1. The Morgan fingerprint density at radius 3 is 2.09 bits per heavy atom. The third-order valence-electron chi connectivity index (χ3n) is 10.1. The van der Waals surface area contributed by atoms with Gasteiger partial charge in [-0.2, -0.15) is 0 Å². The van der Waals surface area contributed by atoms with Gasteiger partial charge in [0.2, 0.25) is 11.8 Å². The molecule has 0 unspecified atom stereocenters. The number of nitrogens with two attached hydrogens (primary N) is 2. The van der Waals surface area contributed by atoms with E-state index in [0.717, 1.165) is 12.8 Å². The maximum absolute atomic E-state index is 14.2. The number of aromatic nitrogens is 1. The largest absolute Gasteiger partial charge is 0.506 e. The van der Waals surface area contributed by atoms with Crippen molar-refractivity contribution < 1.29 is 24.3 Å². The molecule has 284 valence electrons. The highest BCUT2D eigenvalue weighted by Crippen LogP contribution is 2.34. The second kappa shape index (κ2) is 19.2. The summed E-state index contributed by atoms with van der Waals surface area (Å²) < 4.78 is 0.855. The molecule has 2 aliphatic heterocycles. The SMILES string of the molecule is NCCCC[C@H](NC(=O)[C@H](Cc1cc(Br)c(O)c(Br)c1)NC(=O)N1CCC(N(C(N)=O)c2ccccc2)CC1)C(=O)N1CCC(c2ccncc2)CC1. The number of carbonyl (C=O) groups is 4. The van der Waals surface area contributed by atoms with E-state index in [1.807, 2.05) is 47.4 Å². The van der Waals surface area contributed by atoms with Crippen LogP contribution in [0.15, 0.2) is 75.9 Å². The van der Waals surface area contributed by atoms with E-state index >= 15 is 0 Å². The number of primary amides is 1. The molecule has 2 saturated heterocycles. The fraction of sp³-hybridized carbons (Fsp3) is 0.447. The third kappa shape index (κ3) is 10.7. The highest BCUT2D eigenvalue weighted by atomic mass is 79.9. The van der Waals surface area contributed by atoms with Crippen LogP contribution in [0.1, 0.15) is 62.0 Å². The van der Waals surface area contributed by atoms with Crippen LogP contribution >= 0.6 is 31.9 Å². The van der Waals surface area contributed by atoms with Crippen molar-refractivity contribution in [1.82, 2.24) is 25.4 Å². The van der Waals surface area contributed by atoms with Gasteiger partial charge in [0, 0.05) is 56.7 Å². The highest BCUT2D eigenvalue weighted by molar-refractivity contribution is 9.11. The average Bonchev–Trinajstić information content (AvgIpc) is 3.17. The second-order valence-electron chi connectivity index (χ2n) is 13.6. The number of halogens is 2. The molecule has 6 amide bonds. The number of likely N-dealkylation sites (tertiary alicyclic amines) is 2. The number of carbonyl (C=O) groups excluding carboxylic acids is 4. The number of hydrogen-bond acceptors (Lipinski definition) is 7. The number of amides is 6. The minimum Gasteiger partial charge on any atom is -0.506 e. The number of phenolic OH excluding ortho intramolecular Hbond substituents is 1. The zero-order valence-corrected chi connectivity index (χ0v) is 32.8. The van der Waals surface area contributed by atoms with Crippen molar-refractivity contribution in [2.24, 2.45) is 11.5 Å². The Labute approximate surface area is 327 Å². The van der Waals surface area contributed by atoms with Gasteiger partial charge in [-0.25, -0.2) is 9.59 Å². The van der Waals surface area contributed by atoms with Crippen LogP contribution in [0.3, 0.4) is 0 Å². The lowest BCUT2D eigenvalue weighted by Gasteiger charge is -2.38. The van der Waals surface area contributed by atoms with Gasteiger partial charge in [-0.05, 0) is 137 Å². The number of hydrogen-bond donors (Lipinski definition) is 5. The summed E-state index contributed by atoms with van der Waals surface area (Å²) in [6, 6.07) is 13.6. The summed E-state index contributed by atoms with van der Waals surface area (Å²) in [6.07, 6.45) is 8.03. The van der Waals surface area contributed by atoms with Gasteiger partial charge >= 0.3 is 12.1 Å². The van der Waals surface area contributed by atoms with Crippen molar-refractivity contribution in [3.05, 3.63) is 87.1 Å². The molecule has 3 aromatic rings. The van der Waals surface area contributed by atoms with Crippen molar-refractivity contribution in [3.8, 4) is 5.75 Å². The summed E-state index contributed by atoms with van der Waals surface area (Å²) in [5.41, 5.74) is 14.1. The van der Waals surface area contributed by atoms with Crippen LogP contribution in [0.25, 0.3) is 0 Å². The molecule has 3 heterocycles. The summed E-state index contributed by atoms with van der Waals surface area (Å²) in [5.74, 6) is -0.294. The van der Waals surface area contributed by atoms with Crippen LogP contribution in [-0.4, -0.2) is 94.6 Å². The molecule has 2 aliphatic rings. The number of nitrogens with zero attached hydrogens (tertiary/aromatic N) is 4. The first-order chi connectivity index (χ1) is 25.5. The molecule has 0 spiro atoms. The quantitative estimate of drug-likeness (QED) is 0.150. The van der Waals surface area contributed by atoms with E-state index in [4.69, 9.17) is 11.5 Å². The maximum Gasteiger partial charge on any atom is 0.319 e. The summed E-state index contributed by atoms with van der Waals surface area (Å²) in [6.45, 7) is 2.28. The highest BCUT2D eigenvalue weighted by Gasteiger charge is 2.34. The number of anilines is 1. The van der Waals surface area contributed by atoms with Gasteiger partial charge in [-0.1, -0.05) is 18.2 Å². The van der Waals surface area contributed by atoms with Crippen molar-refractivity contribution in [2.45, 2.75) is 75.4 Å². The molecule has 5 rings (SSSR count). The fourth-order valence-corrected chi connectivity index (χ4v) is 8.45. The van der Waals surface area contributed by atoms with Crippen molar-refractivity contribution in [1.29, 1.82) is 0 Å². The number of phenols is 1. The van der Waals surface area contributed by atoms with E-state index in [0.29, 0.717) is 90.9 Å². The zero-order chi connectivity index (χ0) is 37.9. The van der Waals surface area contributed by atoms with Gasteiger partial charge in [-0.3, -0.25) is 19.5 Å². The van der Waals surface area contributed by atoms with Crippen molar-refractivity contribution in [3.63, 3.8) is 0 Å². The molecule has 7 N–H and O–H groups in total. The topological polar surface area (TPSA) is 187 Å². The van der Waals surface area contributed by atoms with E-state index in [1.165, 1.54) is 5.56 Å². The third-order valence-corrected chi connectivity index (χ3v) is 11.3. The van der Waals surface area contributed by atoms with Crippen LogP contribution in [0.4, 0.5) is 15.3 Å². The molecule has 2 atom stereocenters. The first-order valence-electron chi connectivity index (χ1n) is 18.1. The van der Waals surface area contributed by atoms with Crippen LogP contribution in [-0.2, 0) is 16.0 Å². The Hall–Kier alpha value is -4.21. The molecule has 0 aliphatic carbocycles. The Morgan fingerprint density at radius 2 is 1.49 bits per heavy atom. The van der Waals surface area contributed by atoms with Crippen molar-refractivity contribution in [2.75, 3.05) is 37.6 Å². The van der Waals surface area contributed by atoms with E-state index in [-0.39, 0.29) is 24.1 Å². The van der Waals surface area contributed by atoms with Gasteiger partial charge in [0.05, 0.1) is 8.95 Å². The monoisotopic (exact) mass is 854 g/mol. The molecule has 2 fully saturated rings. The molecular formula is C38H48Br2N8O5. The molecule has 53 heavy (non-hydrogen) atoms. The van der Waals surface area contributed by atoms with Crippen molar-refractivity contribution >= 4 is 61.4 Å². The van der Waals surface area contributed by atoms with E-state index in [1.54, 1.807) is 34.3 Å². The lowest BCUT2D eigenvalue weighted by atomic mass is 9.89. The number of urea groups is 2. The van der Waals surface area contributed by atoms with Gasteiger partial charge < -0.3 is 37.0 Å². The van der Waals surface area contributed by atoms with Gasteiger partial charge in [0.25, 0.3) is 0 Å². The fourth-order valence-electron chi connectivity index (χ4n) is 7.17. The smallest absolute Gasteiger partial charge is 0.319 e. The predicted octanol–water partition coefficient (Wildman–Crippen LogP) is 5.00. The standard InChI is InChI=1S/C38H48Br2N8O5/c39-30-22-25(23-31(40)34(30)49)24-33(45-38(53)47-20-13-29(14-21-47)48(37(42)52)28-6-2-1-3-7-28)35(50)44-32(8-4-5-15-41)36(51)46-18-11-27(12-19-46)26-9-16-43-17-10-26/h1-3,6-7,9-10,16-17,22-23,27,29,32-33,49H,4-5,8,11-15,18-21,24,41H2,(H2,42,52)(H,44,50)(H,45,53)/t32-,33-/m0/s1. The number of pyridine rings is 1. The summed E-state index contributed by atoms with van der Waals surface area (Å²) in [7, 11) is 0. The first-order valence-corrected chi connectivity index (χ1v) is 19.7. The van der Waals surface area contributed by atoms with E-state index in [9.17, 15) is 24.3 Å². The number of benzene rings is 2. The summed E-state index contributed by atoms with van der Waals surface area (Å²) in [5, 5.41) is 16.2. The molecule has 13 nitrogen and oxygen atoms in total. The Kier molecular flexibility index (Phi) is 14.5. The minimum absolute atomic E-state index is 0.0143. The first kappa shape index (κ1) is 40.0. The zero-order valence-electron chi connectivity index (χ0n) is 29.6. The van der Waals surface area contributed by atoms with Crippen LogP contribution in [0.5, 0.6) is 5.75 Å². The van der Waals surface area contributed by atoms with Gasteiger partial charge in [-0.15, -0.1) is 0 Å². The number of piperidine rings is 2. The van der Waals surface area contributed by atoms with Gasteiger partial charge in [0.1, 0.15) is 17.8 Å². The minimum atomic E-state index is -1.04.